The molecule has 4 atom stereocenters. The van der Waals surface area contributed by atoms with E-state index in [9.17, 15) is 5.11 Å². The smallest absolute Gasteiger partial charge is 0.190 e. The number of hydrogen-bond acceptors (Lipinski definition) is 5. The van der Waals surface area contributed by atoms with Crippen LogP contribution in [0.25, 0.3) is 0 Å². The van der Waals surface area contributed by atoms with Crippen LogP contribution in [-0.2, 0) is 25.6 Å². The number of fused-ring (bicyclic) bond motifs is 1. The first kappa shape index (κ1) is 14.0. The Morgan fingerprint density at radius 2 is 1.95 bits per heavy atom. The molecule has 0 aliphatic carbocycles. The highest BCUT2D eigenvalue weighted by Crippen LogP contribution is 2.38. The van der Waals surface area contributed by atoms with Gasteiger partial charge in [0.2, 0.25) is 0 Å². The molecule has 1 unspecified atom stereocenters. The summed E-state index contributed by atoms with van der Waals surface area (Å²) >= 11 is 0. The van der Waals surface area contributed by atoms with Crippen LogP contribution >= 0.6 is 0 Å². The summed E-state index contributed by atoms with van der Waals surface area (Å²) in [7, 11) is 0. The third-order valence-corrected chi connectivity index (χ3v) is 3.55. The van der Waals surface area contributed by atoms with Crippen molar-refractivity contribution in [3.63, 3.8) is 0 Å². The van der Waals surface area contributed by atoms with Crippen LogP contribution in [0.1, 0.15) is 19.4 Å². The first-order valence-electron chi connectivity index (χ1n) is 6.86. The van der Waals surface area contributed by atoms with Crippen molar-refractivity contribution in [3.05, 3.63) is 35.9 Å². The first-order chi connectivity index (χ1) is 9.59. The van der Waals surface area contributed by atoms with Crippen molar-refractivity contribution < 1.29 is 24.1 Å². The van der Waals surface area contributed by atoms with Crippen molar-refractivity contribution >= 4 is 0 Å². The van der Waals surface area contributed by atoms with Crippen LogP contribution in [0.4, 0.5) is 0 Å². The molecular weight excluding hydrogens is 260 g/mol. The lowest BCUT2D eigenvalue weighted by Crippen LogP contribution is -2.38. The molecule has 0 aromatic heterocycles. The summed E-state index contributed by atoms with van der Waals surface area (Å²) in [5.74, 6) is -0.676. The minimum atomic E-state index is -0.676. The highest BCUT2D eigenvalue weighted by molar-refractivity contribution is 5.13. The van der Waals surface area contributed by atoms with Gasteiger partial charge in [-0.25, -0.2) is 0 Å². The fourth-order valence-corrected chi connectivity index (χ4v) is 2.66. The van der Waals surface area contributed by atoms with Gasteiger partial charge in [-0.05, 0) is 19.4 Å². The summed E-state index contributed by atoms with van der Waals surface area (Å²) < 4.78 is 23.0. The first-order valence-corrected chi connectivity index (χ1v) is 6.86. The molecule has 5 nitrogen and oxygen atoms in total. The van der Waals surface area contributed by atoms with Crippen LogP contribution in [0, 0.1) is 0 Å². The summed E-state index contributed by atoms with van der Waals surface area (Å²) in [5.41, 5.74) is 1.07. The number of rotatable bonds is 4. The predicted octanol–water partition coefficient (Wildman–Crippen LogP) is 1.44. The van der Waals surface area contributed by atoms with Gasteiger partial charge in [0, 0.05) is 0 Å². The maximum absolute atomic E-state index is 9.40. The molecular formula is C15H20O5. The summed E-state index contributed by atoms with van der Waals surface area (Å²) in [5, 5.41) is 9.40. The van der Waals surface area contributed by atoms with Gasteiger partial charge in [0.05, 0.1) is 13.2 Å². The predicted molar refractivity (Wildman–Crippen MR) is 70.8 cm³/mol. The molecule has 2 aliphatic heterocycles. The molecule has 0 bridgehead atoms. The second-order valence-electron chi connectivity index (χ2n) is 5.59. The molecule has 1 N–H and O–H groups in total. The molecule has 0 saturated carbocycles. The van der Waals surface area contributed by atoms with Crippen molar-refractivity contribution in [3.8, 4) is 0 Å². The maximum atomic E-state index is 9.40. The van der Waals surface area contributed by atoms with Crippen LogP contribution in [-0.4, -0.2) is 42.1 Å². The summed E-state index contributed by atoms with van der Waals surface area (Å²) in [6.45, 7) is 4.03. The van der Waals surface area contributed by atoms with Crippen molar-refractivity contribution in [2.75, 3.05) is 6.61 Å². The second-order valence-corrected chi connectivity index (χ2v) is 5.59. The fraction of sp³-hybridized carbons (Fsp3) is 0.600. The van der Waals surface area contributed by atoms with Gasteiger partial charge in [0.25, 0.3) is 0 Å². The Kier molecular flexibility index (Phi) is 3.79. The Bertz CT molecular complexity index is 447. The number of aliphatic hydroxyl groups is 1. The van der Waals surface area contributed by atoms with Gasteiger partial charge in [-0.3, -0.25) is 0 Å². The zero-order valence-electron chi connectivity index (χ0n) is 11.7. The van der Waals surface area contributed by atoms with E-state index >= 15 is 0 Å². The number of ether oxygens (including phenoxy) is 4. The lowest BCUT2D eigenvalue weighted by atomic mass is 10.1. The van der Waals surface area contributed by atoms with Gasteiger partial charge in [0.1, 0.15) is 18.3 Å². The van der Waals surface area contributed by atoms with E-state index in [0.717, 1.165) is 5.56 Å². The van der Waals surface area contributed by atoms with Crippen molar-refractivity contribution in [1.82, 2.24) is 0 Å². The van der Waals surface area contributed by atoms with Gasteiger partial charge in [-0.2, -0.15) is 0 Å². The molecule has 2 saturated heterocycles. The summed E-state index contributed by atoms with van der Waals surface area (Å²) in [4.78, 5) is 0. The Labute approximate surface area is 118 Å². The number of benzene rings is 1. The van der Waals surface area contributed by atoms with Gasteiger partial charge < -0.3 is 24.1 Å². The van der Waals surface area contributed by atoms with Crippen molar-refractivity contribution in [2.45, 2.75) is 50.8 Å². The summed E-state index contributed by atoms with van der Waals surface area (Å²) in [6.07, 6.45) is -1.51. The third kappa shape index (κ3) is 2.73. The highest BCUT2D eigenvalue weighted by Gasteiger charge is 2.55. The maximum Gasteiger partial charge on any atom is 0.190 e. The molecule has 1 aromatic carbocycles. The topological polar surface area (TPSA) is 57.2 Å². The molecule has 3 rings (SSSR count). The lowest BCUT2D eigenvalue weighted by molar-refractivity contribution is -0.222. The lowest BCUT2D eigenvalue weighted by Gasteiger charge is -2.25. The van der Waals surface area contributed by atoms with E-state index in [2.05, 4.69) is 0 Å². The van der Waals surface area contributed by atoms with E-state index in [0.29, 0.717) is 6.61 Å². The largest absolute Gasteiger partial charge is 0.394 e. The molecule has 2 fully saturated rings. The van der Waals surface area contributed by atoms with E-state index < -0.39 is 18.2 Å². The number of aliphatic hydroxyl groups excluding tert-OH is 1. The highest BCUT2D eigenvalue weighted by atomic mass is 16.8. The van der Waals surface area contributed by atoms with Crippen LogP contribution in [0.2, 0.25) is 0 Å². The van der Waals surface area contributed by atoms with Crippen LogP contribution < -0.4 is 0 Å². The van der Waals surface area contributed by atoms with E-state index in [-0.39, 0.29) is 18.8 Å². The molecule has 2 heterocycles. The zero-order chi connectivity index (χ0) is 14.2. The SMILES string of the molecule is CC1(C)OC2[C@H](O[C@H](CO)[C@H]2OCc2ccccc2)O1. The van der Waals surface area contributed by atoms with E-state index in [1.807, 2.05) is 44.2 Å². The Balaban J connectivity index is 1.67. The van der Waals surface area contributed by atoms with Crippen LogP contribution in [0.3, 0.4) is 0 Å². The Morgan fingerprint density at radius 3 is 2.65 bits per heavy atom. The molecule has 2 aliphatic rings. The molecule has 0 amide bonds. The average molecular weight is 280 g/mol. The average Bonchev–Trinajstić information content (AvgIpc) is 2.89. The number of hydrogen-bond donors (Lipinski definition) is 1. The molecule has 5 heteroatoms. The zero-order valence-corrected chi connectivity index (χ0v) is 11.7. The van der Waals surface area contributed by atoms with E-state index in [1.165, 1.54) is 0 Å². The van der Waals surface area contributed by atoms with E-state index in [4.69, 9.17) is 18.9 Å². The van der Waals surface area contributed by atoms with Gasteiger partial charge >= 0.3 is 0 Å². The molecule has 1 aromatic rings. The standard InChI is InChI=1S/C15H20O5/c1-15(2)19-13-12(11(8-16)18-14(13)20-15)17-9-10-6-4-3-5-7-10/h3-7,11-14,16H,8-9H2,1-2H3/t11-,12-,13?,14-/m1/s1. The van der Waals surface area contributed by atoms with Crippen molar-refractivity contribution in [2.24, 2.45) is 0 Å². The normalized spacial score (nSPS) is 35.1. The van der Waals surface area contributed by atoms with Crippen LogP contribution in [0.5, 0.6) is 0 Å². The molecule has 0 spiro atoms. The third-order valence-electron chi connectivity index (χ3n) is 3.55. The van der Waals surface area contributed by atoms with Crippen molar-refractivity contribution in [1.29, 1.82) is 0 Å². The van der Waals surface area contributed by atoms with Gasteiger partial charge in [-0.15, -0.1) is 0 Å². The van der Waals surface area contributed by atoms with E-state index in [1.54, 1.807) is 0 Å². The minimum absolute atomic E-state index is 0.112. The van der Waals surface area contributed by atoms with Gasteiger partial charge in [-0.1, -0.05) is 30.3 Å². The minimum Gasteiger partial charge on any atom is -0.394 e. The monoisotopic (exact) mass is 280 g/mol. The summed E-state index contributed by atoms with van der Waals surface area (Å²) in [6, 6.07) is 9.89. The molecule has 0 radical (unpaired) electrons. The second kappa shape index (κ2) is 5.42. The quantitative estimate of drug-likeness (QED) is 0.904. The van der Waals surface area contributed by atoms with Gasteiger partial charge in [0.15, 0.2) is 12.1 Å². The fourth-order valence-electron chi connectivity index (χ4n) is 2.66. The molecule has 110 valence electrons. The van der Waals surface area contributed by atoms with Crippen LogP contribution in [0.15, 0.2) is 30.3 Å². The Hall–Kier alpha value is -0.980. The molecule has 20 heavy (non-hydrogen) atoms. The Morgan fingerprint density at radius 1 is 1.20 bits per heavy atom.